The van der Waals surface area contributed by atoms with E-state index in [4.69, 9.17) is 11.6 Å². The van der Waals surface area contributed by atoms with Gasteiger partial charge in [0.25, 0.3) is 0 Å². The molecule has 20 heavy (non-hydrogen) atoms. The number of rotatable bonds is 4. The molecule has 1 unspecified atom stereocenters. The zero-order valence-corrected chi connectivity index (χ0v) is 13.3. The summed E-state index contributed by atoms with van der Waals surface area (Å²) < 4.78 is 0. The summed E-state index contributed by atoms with van der Waals surface area (Å²) in [6.45, 7) is 7.67. The van der Waals surface area contributed by atoms with Gasteiger partial charge in [-0.3, -0.25) is 4.79 Å². The topological polar surface area (TPSA) is 67.8 Å². The number of hydrogen-bond donors (Lipinski definition) is 1. The van der Waals surface area contributed by atoms with E-state index in [1.54, 1.807) is 18.3 Å². The number of anilines is 1. The normalized spacial score (nSPS) is 12.2. The average Bonchev–Trinajstić information content (AvgIpc) is 2.68. The van der Waals surface area contributed by atoms with Crippen molar-refractivity contribution in [2.24, 2.45) is 0 Å². The minimum absolute atomic E-state index is 0.00901. The molecule has 0 saturated heterocycles. The first-order valence-electron chi connectivity index (χ1n) is 6.12. The lowest BCUT2D eigenvalue weighted by atomic mass is 10.2. The molecule has 1 atom stereocenters. The second-order valence-electron chi connectivity index (χ2n) is 4.49. The summed E-state index contributed by atoms with van der Waals surface area (Å²) in [4.78, 5) is 24.9. The first kappa shape index (κ1) is 14.9. The Kier molecular flexibility index (Phi) is 4.35. The lowest BCUT2D eigenvalue weighted by Crippen LogP contribution is -2.11. The molecule has 0 saturated carbocycles. The van der Waals surface area contributed by atoms with Crippen molar-refractivity contribution in [2.75, 3.05) is 5.32 Å². The summed E-state index contributed by atoms with van der Waals surface area (Å²) in [6.07, 6.45) is 0.668. The Morgan fingerprint density at radius 1 is 1.25 bits per heavy atom. The van der Waals surface area contributed by atoms with Crippen LogP contribution in [0.2, 0.25) is 5.15 Å². The fraction of sp³-hybridized carbons (Fsp3) is 0.385. The standard InChI is InChI=1S/C13H15ClN4OS/c1-6-11(20-9(4)15-6)7(2)16-13-10(5-19)12(14)17-8(3)18-13/h5,7H,1-4H3,(H,16,17,18). The Morgan fingerprint density at radius 3 is 2.50 bits per heavy atom. The van der Waals surface area contributed by atoms with E-state index in [1.165, 1.54) is 0 Å². The average molecular weight is 311 g/mol. The highest BCUT2D eigenvalue weighted by Gasteiger charge is 2.17. The van der Waals surface area contributed by atoms with Gasteiger partial charge < -0.3 is 5.32 Å². The van der Waals surface area contributed by atoms with E-state index in [2.05, 4.69) is 20.3 Å². The molecule has 0 spiro atoms. The smallest absolute Gasteiger partial charge is 0.156 e. The van der Waals surface area contributed by atoms with E-state index in [0.29, 0.717) is 17.9 Å². The van der Waals surface area contributed by atoms with Gasteiger partial charge in [0.05, 0.1) is 22.3 Å². The Morgan fingerprint density at radius 2 is 1.95 bits per heavy atom. The molecule has 7 heteroatoms. The van der Waals surface area contributed by atoms with E-state index >= 15 is 0 Å². The fourth-order valence-corrected chi connectivity index (χ4v) is 3.17. The lowest BCUT2D eigenvalue weighted by molar-refractivity contribution is 0.112. The molecule has 2 heterocycles. The van der Waals surface area contributed by atoms with Gasteiger partial charge in [0.1, 0.15) is 16.8 Å². The molecule has 5 nitrogen and oxygen atoms in total. The number of thiazole rings is 1. The van der Waals surface area contributed by atoms with Crippen LogP contribution >= 0.6 is 22.9 Å². The summed E-state index contributed by atoms with van der Waals surface area (Å²) in [6, 6.07) is -0.00901. The Balaban J connectivity index is 2.34. The van der Waals surface area contributed by atoms with Crippen LogP contribution in [0, 0.1) is 20.8 Å². The Bertz CT molecular complexity index is 656. The van der Waals surface area contributed by atoms with Gasteiger partial charge in [-0.25, -0.2) is 15.0 Å². The van der Waals surface area contributed by atoms with Crippen LogP contribution in [0.4, 0.5) is 5.82 Å². The van der Waals surface area contributed by atoms with Gasteiger partial charge in [-0.05, 0) is 27.7 Å². The largest absolute Gasteiger partial charge is 0.362 e. The van der Waals surface area contributed by atoms with Crippen molar-refractivity contribution in [3.63, 3.8) is 0 Å². The van der Waals surface area contributed by atoms with E-state index in [9.17, 15) is 4.79 Å². The quantitative estimate of drug-likeness (QED) is 0.691. The molecule has 106 valence electrons. The predicted molar refractivity (Wildman–Crippen MR) is 80.8 cm³/mol. The molecule has 0 fully saturated rings. The SMILES string of the molecule is Cc1nc(Cl)c(C=O)c(NC(C)c2sc(C)nc2C)n1. The number of nitrogens with zero attached hydrogens (tertiary/aromatic N) is 3. The number of carbonyl (C=O) groups excluding carboxylic acids is 1. The summed E-state index contributed by atoms with van der Waals surface area (Å²) >= 11 is 7.59. The van der Waals surface area contributed by atoms with Crippen molar-refractivity contribution in [2.45, 2.75) is 33.7 Å². The molecule has 0 amide bonds. The number of aldehydes is 1. The Labute approximate surface area is 126 Å². The van der Waals surface area contributed by atoms with Crippen LogP contribution in [0.5, 0.6) is 0 Å². The summed E-state index contributed by atoms with van der Waals surface area (Å²) in [7, 11) is 0. The zero-order chi connectivity index (χ0) is 14.9. The van der Waals surface area contributed by atoms with E-state index in [1.807, 2.05) is 20.8 Å². The van der Waals surface area contributed by atoms with E-state index in [-0.39, 0.29) is 16.8 Å². The molecular formula is C13H15ClN4OS. The maximum atomic E-state index is 11.1. The van der Waals surface area contributed by atoms with Crippen LogP contribution in [-0.4, -0.2) is 21.2 Å². The number of hydrogen-bond acceptors (Lipinski definition) is 6. The molecule has 0 aromatic carbocycles. The van der Waals surface area contributed by atoms with Gasteiger partial charge in [0.15, 0.2) is 6.29 Å². The van der Waals surface area contributed by atoms with Crippen molar-refractivity contribution in [1.82, 2.24) is 15.0 Å². The molecule has 2 rings (SSSR count). The molecule has 0 aliphatic carbocycles. The third-order valence-electron chi connectivity index (χ3n) is 2.81. The van der Waals surface area contributed by atoms with Gasteiger partial charge in [0.2, 0.25) is 0 Å². The summed E-state index contributed by atoms with van der Waals surface area (Å²) in [5, 5.41) is 4.40. The first-order valence-corrected chi connectivity index (χ1v) is 7.31. The van der Waals surface area contributed by atoms with Crippen LogP contribution < -0.4 is 5.32 Å². The van der Waals surface area contributed by atoms with Crippen molar-refractivity contribution >= 4 is 35.0 Å². The molecule has 0 aliphatic rings. The molecule has 1 N–H and O–H groups in total. The minimum atomic E-state index is -0.00901. The maximum absolute atomic E-state index is 11.1. The van der Waals surface area contributed by atoms with Gasteiger partial charge in [-0.1, -0.05) is 11.6 Å². The minimum Gasteiger partial charge on any atom is -0.362 e. The molecule has 2 aromatic rings. The molecule has 0 aliphatic heterocycles. The monoisotopic (exact) mass is 310 g/mol. The van der Waals surface area contributed by atoms with Gasteiger partial charge in [-0.2, -0.15) is 0 Å². The maximum Gasteiger partial charge on any atom is 0.156 e. The van der Waals surface area contributed by atoms with Crippen molar-refractivity contribution in [1.29, 1.82) is 0 Å². The molecule has 0 bridgehead atoms. The number of aromatic nitrogens is 3. The molecule has 2 aromatic heterocycles. The van der Waals surface area contributed by atoms with Crippen molar-refractivity contribution in [3.05, 3.63) is 32.1 Å². The summed E-state index contributed by atoms with van der Waals surface area (Å²) in [5.41, 5.74) is 1.26. The van der Waals surface area contributed by atoms with Crippen molar-refractivity contribution < 1.29 is 4.79 Å². The van der Waals surface area contributed by atoms with Crippen molar-refractivity contribution in [3.8, 4) is 0 Å². The fourth-order valence-electron chi connectivity index (χ4n) is 1.98. The van der Waals surface area contributed by atoms with Crippen LogP contribution in [0.1, 0.15) is 44.7 Å². The highest BCUT2D eigenvalue weighted by molar-refractivity contribution is 7.11. The van der Waals surface area contributed by atoms with Gasteiger partial charge in [0, 0.05) is 4.88 Å². The van der Waals surface area contributed by atoms with E-state index in [0.717, 1.165) is 15.6 Å². The predicted octanol–water partition coefficient (Wildman–Crippen LogP) is 3.50. The van der Waals surface area contributed by atoms with E-state index < -0.39 is 0 Å². The third-order valence-corrected chi connectivity index (χ3v) is 4.36. The van der Waals surface area contributed by atoms with Gasteiger partial charge in [-0.15, -0.1) is 11.3 Å². The second-order valence-corrected chi connectivity index (χ2v) is 6.08. The Hall–Kier alpha value is -1.53. The lowest BCUT2D eigenvalue weighted by Gasteiger charge is -2.15. The zero-order valence-electron chi connectivity index (χ0n) is 11.7. The molecular weight excluding hydrogens is 296 g/mol. The summed E-state index contributed by atoms with van der Waals surface area (Å²) in [5.74, 6) is 0.975. The van der Waals surface area contributed by atoms with Crippen LogP contribution in [0.25, 0.3) is 0 Å². The van der Waals surface area contributed by atoms with Crippen LogP contribution in [-0.2, 0) is 0 Å². The first-order chi connectivity index (χ1) is 9.42. The molecule has 0 radical (unpaired) electrons. The second kappa shape index (κ2) is 5.85. The van der Waals surface area contributed by atoms with Gasteiger partial charge >= 0.3 is 0 Å². The highest BCUT2D eigenvalue weighted by Crippen LogP contribution is 2.29. The third kappa shape index (κ3) is 2.96. The number of aryl methyl sites for hydroxylation is 3. The van der Waals surface area contributed by atoms with Crippen LogP contribution in [0.3, 0.4) is 0 Å². The van der Waals surface area contributed by atoms with Crippen LogP contribution in [0.15, 0.2) is 0 Å². The highest BCUT2D eigenvalue weighted by atomic mass is 35.5. The number of nitrogens with one attached hydrogen (secondary N) is 1. The number of halogens is 1. The number of carbonyl (C=O) groups is 1.